The summed E-state index contributed by atoms with van der Waals surface area (Å²) in [5, 5.41) is -3.62. The van der Waals surface area contributed by atoms with Crippen LogP contribution >= 0.6 is 11.6 Å². The molecular weight excluding hydrogens is 426 g/mol. The van der Waals surface area contributed by atoms with E-state index in [0.717, 1.165) is 0 Å². The summed E-state index contributed by atoms with van der Waals surface area (Å²) in [5.74, 6) is -36.0. The van der Waals surface area contributed by atoms with Crippen molar-refractivity contribution in [1.82, 2.24) is 0 Å². The van der Waals surface area contributed by atoms with Crippen LogP contribution in [-0.4, -0.2) is 46.8 Å². The first-order chi connectivity index (χ1) is 11.3. The Morgan fingerprint density at radius 2 is 1.27 bits per heavy atom. The maximum Gasteiger partial charge on any atom is 0.393 e. The van der Waals surface area contributed by atoms with Gasteiger partial charge in [0, 0.05) is 6.42 Å². The first-order valence-corrected chi connectivity index (χ1v) is 6.84. The van der Waals surface area contributed by atoms with Gasteiger partial charge < -0.3 is 4.84 Å². The van der Waals surface area contributed by atoms with Crippen LogP contribution in [0.25, 0.3) is 0 Å². The molecule has 0 N–H and O–H groups in total. The van der Waals surface area contributed by atoms with E-state index < -0.39 is 47.5 Å². The van der Waals surface area contributed by atoms with Crippen LogP contribution in [0.2, 0.25) is 0 Å². The molecule has 0 saturated carbocycles. The maximum atomic E-state index is 13.7. The number of alkyl halides is 13. The average molecular weight is 434 g/mol. The Hall–Kier alpha value is -1.08. The van der Waals surface area contributed by atoms with E-state index >= 15 is 0 Å². The van der Waals surface area contributed by atoms with Crippen LogP contribution in [0, 0.1) is 0 Å². The highest BCUT2D eigenvalue weighted by Gasteiger charge is 2.91. The minimum Gasteiger partial charge on any atom is -0.385 e. The molecular formula is C11H8ClF12NO. The molecule has 1 rings (SSSR count). The number of oxime groups is 1. The molecule has 0 aromatic carbocycles. The molecule has 1 heterocycles. The summed E-state index contributed by atoms with van der Waals surface area (Å²) in [4.78, 5) is 3.79. The zero-order chi connectivity index (χ0) is 21.0. The summed E-state index contributed by atoms with van der Waals surface area (Å²) >= 11 is 3.57. The van der Waals surface area contributed by atoms with Gasteiger partial charge in [0.1, 0.15) is 0 Å². The van der Waals surface area contributed by atoms with Gasteiger partial charge in [-0.2, -0.15) is 52.7 Å². The lowest BCUT2D eigenvalue weighted by Crippen LogP contribution is -2.71. The molecule has 0 aliphatic carbocycles. The van der Waals surface area contributed by atoms with E-state index in [-0.39, 0.29) is 12.1 Å². The third kappa shape index (κ3) is 2.97. The molecule has 154 valence electrons. The van der Waals surface area contributed by atoms with Crippen molar-refractivity contribution in [3.8, 4) is 0 Å². The Balaban J connectivity index is 3.36. The second-order valence-corrected chi connectivity index (χ2v) is 5.70. The van der Waals surface area contributed by atoms with Crippen LogP contribution in [0.3, 0.4) is 0 Å². The Labute approximate surface area is 142 Å². The van der Waals surface area contributed by atoms with E-state index in [1.54, 1.807) is 0 Å². The molecule has 0 saturated heterocycles. The number of halogens is 13. The van der Waals surface area contributed by atoms with Crippen molar-refractivity contribution in [2.24, 2.45) is 5.16 Å². The van der Waals surface area contributed by atoms with E-state index in [0.29, 0.717) is 0 Å². The SMILES string of the molecule is CCC1=NOC(C(F)(F)C(F)(F)C(F)(F)C(F)(F)C(F)(F)C(F)(F)Cl)C1. The molecule has 0 radical (unpaired) electrons. The van der Waals surface area contributed by atoms with Gasteiger partial charge in [0.2, 0.25) is 6.10 Å². The van der Waals surface area contributed by atoms with Crippen LogP contribution in [0.4, 0.5) is 52.7 Å². The molecule has 1 aliphatic heterocycles. The highest BCUT2D eigenvalue weighted by Crippen LogP contribution is 2.61. The Morgan fingerprint density at radius 3 is 1.62 bits per heavy atom. The van der Waals surface area contributed by atoms with E-state index in [4.69, 9.17) is 0 Å². The quantitative estimate of drug-likeness (QED) is 0.381. The summed E-state index contributed by atoms with van der Waals surface area (Å²) in [7, 11) is 0. The van der Waals surface area contributed by atoms with Gasteiger partial charge in [0.25, 0.3) is 0 Å². The van der Waals surface area contributed by atoms with Crippen LogP contribution in [-0.2, 0) is 4.84 Å². The van der Waals surface area contributed by atoms with E-state index in [2.05, 4.69) is 21.6 Å². The molecule has 0 amide bonds. The zero-order valence-electron chi connectivity index (χ0n) is 12.3. The monoisotopic (exact) mass is 433 g/mol. The van der Waals surface area contributed by atoms with E-state index in [9.17, 15) is 52.7 Å². The molecule has 26 heavy (non-hydrogen) atoms. The second-order valence-electron chi connectivity index (χ2n) is 5.23. The van der Waals surface area contributed by atoms with Gasteiger partial charge in [0.15, 0.2) is 0 Å². The number of hydrogen-bond donors (Lipinski definition) is 0. The Bertz CT molecular complexity index is 570. The van der Waals surface area contributed by atoms with Crippen molar-refractivity contribution in [2.75, 3.05) is 0 Å². The summed E-state index contributed by atoms with van der Waals surface area (Å²) in [6.07, 6.45) is -4.58. The fourth-order valence-electron chi connectivity index (χ4n) is 1.81. The lowest BCUT2D eigenvalue weighted by molar-refractivity contribution is -0.424. The molecule has 1 aliphatic rings. The standard InChI is InChI=1S/C11H8ClF12NO/c1-2-4-3-5(26-25-4)6(13,14)7(15,16)8(17,18)9(19,20)10(21,22)11(12,23)24/h5H,2-3H2,1H3. The van der Waals surface area contributed by atoms with Crippen molar-refractivity contribution in [1.29, 1.82) is 0 Å². The number of rotatable bonds is 7. The normalized spacial score (nSPS) is 20.8. The fraction of sp³-hybridized carbons (Fsp3) is 0.909. The first kappa shape index (κ1) is 23.0. The lowest BCUT2D eigenvalue weighted by Gasteiger charge is -2.40. The summed E-state index contributed by atoms with van der Waals surface area (Å²) in [6.45, 7) is 1.27. The molecule has 2 nitrogen and oxygen atoms in total. The van der Waals surface area contributed by atoms with Gasteiger partial charge in [0.05, 0.1) is 5.71 Å². The largest absolute Gasteiger partial charge is 0.393 e. The number of hydrogen-bond acceptors (Lipinski definition) is 2. The molecule has 0 fully saturated rings. The second kappa shape index (κ2) is 6.23. The van der Waals surface area contributed by atoms with Gasteiger partial charge >= 0.3 is 35.0 Å². The van der Waals surface area contributed by atoms with Gasteiger partial charge in [-0.25, -0.2) is 0 Å². The van der Waals surface area contributed by atoms with Crippen molar-refractivity contribution >= 4 is 17.3 Å². The lowest BCUT2D eigenvalue weighted by atomic mass is 9.90. The molecule has 1 atom stereocenters. The zero-order valence-corrected chi connectivity index (χ0v) is 13.0. The summed E-state index contributed by atoms with van der Waals surface area (Å²) in [6, 6.07) is 0. The van der Waals surface area contributed by atoms with E-state index in [1.165, 1.54) is 6.92 Å². The molecule has 0 bridgehead atoms. The molecule has 15 heteroatoms. The Morgan fingerprint density at radius 1 is 0.846 bits per heavy atom. The fourth-order valence-corrected chi connectivity index (χ4v) is 1.93. The van der Waals surface area contributed by atoms with Gasteiger partial charge in [-0.1, -0.05) is 12.1 Å². The van der Waals surface area contributed by atoms with E-state index in [1.807, 2.05) is 0 Å². The van der Waals surface area contributed by atoms with Crippen LogP contribution < -0.4 is 0 Å². The minimum atomic E-state index is -7.66. The highest BCUT2D eigenvalue weighted by atomic mass is 35.5. The number of nitrogens with zero attached hydrogens (tertiary/aromatic N) is 1. The topological polar surface area (TPSA) is 21.6 Å². The molecule has 0 aromatic heterocycles. The molecule has 0 spiro atoms. The average Bonchev–Trinajstić information content (AvgIpc) is 2.94. The van der Waals surface area contributed by atoms with Crippen molar-refractivity contribution in [3.63, 3.8) is 0 Å². The van der Waals surface area contributed by atoms with Gasteiger partial charge in [-0.05, 0) is 18.0 Å². The van der Waals surface area contributed by atoms with Crippen LogP contribution in [0.1, 0.15) is 19.8 Å². The predicted molar refractivity (Wildman–Crippen MR) is 62.8 cm³/mol. The van der Waals surface area contributed by atoms with Crippen molar-refractivity contribution in [2.45, 2.75) is 60.9 Å². The van der Waals surface area contributed by atoms with Gasteiger partial charge in [-0.3, -0.25) is 0 Å². The minimum absolute atomic E-state index is 0.165. The first-order valence-electron chi connectivity index (χ1n) is 6.46. The summed E-state index contributed by atoms with van der Waals surface area (Å²) in [5.41, 5.74) is -0.335. The predicted octanol–water partition coefficient (Wildman–Crippen LogP) is 5.55. The molecule has 1 unspecified atom stereocenters. The van der Waals surface area contributed by atoms with Gasteiger partial charge in [-0.15, -0.1) is 0 Å². The Kier molecular flexibility index (Phi) is 5.50. The highest BCUT2D eigenvalue weighted by molar-refractivity contribution is 6.22. The van der Waals surface area contributed by atoms with Crippen LogP contribution in [0.5, 0.6) is 0 Å². The summed E-state index contributed by atoms with van der Waals surface area (Å²) < 4.78 is 158. The van der Waals surface area contributed by atoms with Crippen molar-refractivity contribution < 1.29 is 57.5 Å². The third-order valence-electron chi connectivity index (χ3n) is 3.50. The van der Waals surface area contributed by atoms with Crippen LogP contribution in [0.15, 0.2) is 5.16 Å². The van der Waals surface area contributed by atoms with Crippen molar-refractivity contribution in [3.05, 3.63) is 0 Å². The molecule has 0 aromatic rings. The maximum absolute atomic E-state index is 13.7. The smallest absolute Gasteiger partial charge is 0.385 e. The third-order valence-corrected chi connectivity index (χ3v) is 3.74.